The molecule has 0 saturated heterocycles. The van der Waals surface area contributed by atoms with E-state index in [-0.39, 0.29) is 0 Å². The average Bonchev–Trinajstić information content (AvgIpc) is 2.15. The third kappa shape index (κ3) is 3.75. The van der Waals surface area contributed by atoms with Crippen LogP contribution in [0.15, 0.2) is 18.5 Å². The molecule has 1 atom stereocenters. The van der Waals surface area contributed by atoms with Crippen molar-refractivity contribution in [2.24, 2.45) is 0 Å². The topological polar surface area (TPSA) is 34.1 Å². The van der Waals surface area contributed by atoms with Gasteiger partial charge in [-0.3, -0.25) is 4.98 Å². The minimum atomic E-state index is 0.318. The maximum atomic E-state index is 5.31. The Morgan fingerprint density at radius 3 is 2.93 bits per heavy atom. The lowest BCUT2D eigenvalue weighted by atomic mass is 10.2. The minimum Gasteiger partial charge on any atom is -0.380 e. The van der Waals surface area contributed by atoms with Crippen molar-refractivity contribution >= 4 is 5.69 Å². The van der Waals surface area contributed by atoms with Crippen LogP contribution < -0.4 is 5.32 Å². The second-order valence-electron chi connectivity index (χ2n) is 3.46. The monoisotopic (exact) mass is 194 g/mol. The number of nitrogens with one attached hydrogen (secondary N) is 1. The third-order valence-corrected chi connectivity index (χ3v) is 1.86. The number of hydrogen-bond donors (Lipinski definition) is 1. The molecule has 3 nitrogen and oxygen atoms in total. The molecule has 0 saturated carbocycles. The van der Waals surface area contributed by atoms with Crippen molar-refractivity contribution in [3.8, 4) is 0 Å². The fourth-order valence-corrected chi connectivity index (χ4v) is 1.25. The van der Waals surface area contributed by atoms with Crippen LogP contribution in [-0.4, -0.2) is 24.2 Å². The Labute approximate surface area is 85.5 Å². The van der Waals surface area contributed by atoms with E-state index in [2.05, 4.69) is 23.3 Å². The molecular weight excluding hydrogens is 176 g/mol. The number of aryl methyl sites for hydroxylation is 1. The van der Waals surface area contributed by atoms with E-state index in [1.165, 1.54) is 5.56 Å². The number of aromatic nitrogens is 1. The third-order valence-electron chi connectivity index (χ3n) is 1.86. The molecule has 0 aliphatic heterocycles. The molecule has 0 fully saturated rings. The molecule has 0 aliphatic rings. The molecule has 1 aromatic rings. The first-order valence-electron chi connectivity index (χ1n) is 4.98. The molecule has 1 heterocycles. The SMILES string of the molecule is CCOCC(C)Nc1cncc(C)c1. The molecule has 0 spiro atoms. The summed E-state index contributed by atoms with van der Waals surface area (Å²) in [6, 6.07) is 2.40. The van der Waals surface area contributed by atoms with Gasteiger partial charge in [0.1, 0.15) is 0 Å². The summed E-state index contributed by atoms with van der Waals surface area (Å²) in [6.07, 6.45) is 3.67. The number of ether oxygens (including phenoxy) is 1. The highest BCUT2D eigenvalue weighted by atomic mass is 16.5. The van der Waals surface area contributed by atoms with Crippen LogP contribution >= 0.6 is 0 Å². The van der Waals surface area contributed by atoms with Gasteiger partial charge < -0.3 is 10.1 Å². The average molecular weight is 194 g/mol. The molecule has 1 aromatic heterocycles. The summed E-state index contributed by atoms with van der Waals surface area (Å²) in [7, 11) is 0. The van der Waals surface area contributed by atoms with Crippen LogP contribution in [0.4, 0.5) is 5.69 Å². The minimum absolute atomic E-state index is 0.318. The van der Waals surface area contributed by atoms with Gasteiger partial charge in [0.15, 0.2) is 0 Å². The summed E-state index contributed by atoms with van der Waals surface area (Å²) in [4.78, 5) is 4.11. The van der Waals surface area contributed by atoms with Gasteiger partial charge in [0.25, 0.3) is 0 Å². The molecular formula is C11H18N2O. The van der Waals surface area contributed by atoms with Crippen molar-refractivity contribution in [3.05, 3.63) is 24.0 Å². The highest BCUT2D eigenvalue weighted by Gasteiger charge is 2.01. The highest BCUT2D eigenvalue weighted by molar-refractivity contribution is 5.43. The Kier molecular flexibility index (Phi) is 4.40. The van der Waals surface area contributed by atoms with Crippen LogP contribution in [-0.2, 0) is 4.74 Å². The van der Waals surface area contributed by atoms with Crippen molar-refractivity contribution in [3.63, 3.8) is 0 Å². The van der Waals surface area contributed by atoms with Gasteiger partial charge in [-0.2, -0.15) is 0 Å². The van der Waals surface area contributed by atoms with Gasteiger partial charge in [-0.15, -0.1) is 0 Å². The van der Waals surface area contributed by atoms with Crippen LogP contribution in [0.2, 0.25) is 0 Å². The van der Waals surface area contributed by atoms with Crippen LogP contribution in [0.3, 0.4) is 0 Å². The van der Waals surface area contributed by atoms with E-state index >= 15 is 0 Å². The molecule has 0 amide bonds. The summed E-state index contributed by atoms with van der Waals surface area (Å²) < 4.78 is 5.31. The van der Waals surface area contributed by atoms with Gasteiger partial charge in [0.2, 0.25) is 0 Å². The van der Waals surface area contributed by atoms with Crippen LogP contribution in [0, 0.1) is 6.92 Å². The Morgan fingerprint density at radius 2 is 2.29 bits per heavy atom. The lowest BCUT2D eigenvalue weighted by Gasteiger charge is -2.14. The van der Waals surface area contributed by atoms with Crippen molar-refractivity contribution in [1.82, 2.24) is 4.98 Å². The number of pyridine rings is 1. The standard InChI is InChI=1S/C11H18N2O/c1-4-14-8-10(3)13-11-5-9(2)6-12-7-11/h5-7,10,13H,4,8H2,1-3H3. The van der Waals surface area contributed by atoms with Crippen LogP contribution in [0.5, 0.6) is 0 Å². The maximum absolute atomic E-state index is 5.31. The van der Waals surface area contributed by atoms with Crippen LogP contribution in [0.25, 0.3) is 0 Å². The van der Waals surface area contributed by atoms with Gasteiger partial charge in [0.05, 0.1) is 12.3 Å². The molecule has 1 unspecified atom stereocenters. The molecule has 14 heavy (non-hydrogen) atoms. The normalized spacial score (nSPS) is 12.5. The summed E-state index contributed by atoms with van der Waals surface area (Å²) in [5.74, 6) is 0. The molecule has 0 aliphatic carbocycles. The number of hydrogen-bond acceptors (Lipinski definition) is 3. The Bertz CT molecular complexity index is 276. The molecule has 1 rings (SSSR count). The first kappa shape index (κ1) is 11.0. The van der Waals surface area contributed by atoms with Gasteiger partial charge in [-0.25, -0.2) is 0 Å². The van der Waals surface area contributed by atoms with E-state index in [9.17, 15) is 0 Å². The van der Waals surface area contributed by atoms with E-state index in [4.69, 9.17) is 4.74 Å². The smallest absolute Gasteiger partial charge is 0.0664 e. The number of rotatable bonds is 5. The zero-order chi connectivity index (χ0) is 10.4. The molecule has 3 heteroatoms. The van der Waals surface area contributed by atoms with Crippen molar-refractivity contribution in [1.29, 1.82) is 0 Å². The van der Waals surface area contributed by atoms with E-state index in [0.29, 0.717) is 6.04 Å². The molecule has 78 valence electrons. The Morgan fingerprint density at radius 1 is 1.50 bits per heavy atom. The number of nitrogens with zero attached hydrogens (tertiary/aromatic N) is 1. The predicted molar refractivity (Wildman–Crippen MR) is 58.6 cm³/mol. The van der Waals surface area contributed by atoms with E-state index in [1.54, 1.807) is 0 Å². The Balaban J connectivity index is 2.43. The van der Waals surface area contributed by atoms with Crippen molar-refractivity contribution in [2.45, 2.75) is 26.8 Å². The fraction of sp³-hybridized carbons (Fsp3) is 0.545. The van der Waals surface area contributed by atoms with Crippen molar-refractivity contribution in [2.75, 3.05) is 18.5 Å². The molecule has 0 aromatic carbocycles. The van der Waals surface area contributed by atoms with E-state index in [0.717, 1.165) is 18.9 Å². The summed E-state index contributed by atoms with van der Waals surface area (Å²) in [5, 5.41) is 3.33. The summed E-state index contributed by atoms with van der Waals surface area (Å²) >= 11 is 0. The largest absolute Gasteiger partial charge is 0.380 e. The van der Waals surface area contributed by atoms with E-state index < -0.39 is 0 Å². The molecule has 1 N–H and O–H groups in total. The molecule has 0 bridgehead atoms. The quantitative estimate of drug-likeness (QED) is 0.780. The maximum Gasteiger partial charge on any atom is 0.0664 e. The zero-order valence-corrected chi connectivity index (χ0v) is 9.08. The second kappa shape index (κ2) is 5.60. The first-order valence-corrected chi connectivity index (χ1v) is 4.98. The van der Waals surface area contributed by atoms with Gasteiger partial charge in [-0.05, 0) is 32.4 Å². The second-order valence-corrected chi connectivity index (χ2v) is 3.46. The van der Waals surface area contributed by atoms with E-state index in [1.807, 2.05) is 26.2 Å². The summed E-state index contributed by atoms with van der Waals surface area (Å²) in [6.45, 7) is 7.62. The number of anilines is 1. The fourth-order valence-electron chi connectivity index (χ4n) is 1.25. The highest BCUT2D eigenvalue weighted by Crippen LogP contribution is 2.08. The lowest BCUT2D eigenvalue weighted by molar-refractivity contribution is 0.141. The molecule has 0 radical (unpaired) electrons. The first-order chi connectivity index (χ1) is 6.72. The summed E-state index contributed by atoms with van der Waals surface area (Å²) in [5.41, 5.74) is 2.22. The van der Waals surface area contributed by atoms with Gasteiger partial charge >= 0.3 is 0 Å². The van der Waals surface area contributed by atoms with Gasteiger partial charge in [0, 0.05) is 25.0 Å². The zero-order valence-electron chi connectivity index (χ0n) is 9.08. The lowest BCUT2D eigenvalue weighted by Crippen LogP contribution is -2.21. The predicted octanol–water partition coefficient (Wildman–Crippen LogP) is 2.23. The van der Waals surface area contributed by atoms with Crippen molar-refractivity contribution < 1.29 is 4.74 Å². The van der Waals surface area contributed by atoms with Gasteiger partial charge in [-0.1, -0.05) is 0 Å². The van der Waals surface area contributed by atoms with Crippen LogP contribution in [0.1, 0.15) is 19.4 Å². The Hall–Kier alpha value is -1.09.